The summed E-state index contributed by atoms with van der Waals surface area (Å²) in [5.74, 6) is 0. The summed E-state index contributed by atoms with van der Waals surface area (Å²) in [7, 11) is 1.81. The van der Waals surface area contributed by atoms with E-state index >= 15 is 0 Å². The van der Waals surface area contributed by atoms with Crippen LogP contribution in [0.2, 0.25) is 0 Å². The number of hydrogen-bond donors (Lipinski definition) is 0. The van der Waals surface area contributed by atoms with Gasteiger partial charge in [0.1, 0.15) is 0 Å². The van der Waals surface area contributed by atoms with E-state index in [0.717, 1.165) is 12.6 Å². The van der Waals surface area contributed by atoms with Crippen molar-refractivity contribution in [3.63, 3.8) is 0 Å². The zero-order valence-electron chi connectivity index (χ0n) is 10.2. The van der Waals surface area contributed by atoms with Crippen molar-refractivity contribution in [3.05, 3.63) is 0 Å². The Kier molecular flexibility index (Phi) is 4.39. The van der Waals surface area contributed by atoms with Crippen LogP contribution >= 0.6 is 0 Å². The lowest BCUT2D eigenvalue weighted by atomic mass is 10.00. The molecule has 2 heteroatoms. The first kappa shape index (κ1) is 12.0. The van der Waals surface area contributed by atoms with E-state index < -0.39 is 0 Å². The number of ether oxygens (including phenoxy) is 1. The molecule has 0 spiro atoms. The third-order valence-electron chi connectivity index (χ3n) is 3.53. The summed E-state index contributed by atoms with van der Waals surface area (Å²) in [5, 5.41) is 0. The Labute approximate surface area is 88.6 Å². The van der Waals surface area contributed by atoms with Crippen LogP contribution in [0.15, 0.2) is 0 Å². The smallest absolute Gasteiger partial charge is 0.0644 e. The lowest BCUT2D eigenvalue weighted by molar-refractivity contribution is 0.0345. The molecule has 0 aliphatic carbocycles. The first-order valence-corrected chi connectivity index (χ1v) is 5.89. The second-order valence-electron chi connectivity index (χ2n) is 4.86. The molecular weight excluding hydrogens is 174 g/mol. The Morgan fingerprint density at radius 3 is 2.79 bits per heavy atom. The van der Waals surface area contributed by atoms with Gasteiger partial charge in [-0.25, -0.2) is 0 Å². The Morgan fingerprint density at radius 1 is 1.50 bits per heavy atom. The summed E-state index contributed by atoms with van der Waals surface area (Å²) in [5.41, 5.74) is 0.295. The van der Waals surface area contributed by atoms with Gasteiger partial charge in [-0.05, 0) is 39.7 Å². The predicted molar refractivity (Wildman–Crippen MR) is 60.6 cm³/mol. The van der Waals surface area contributed by atoms with Crippen molar-refractivity contribution in [2.45, 2.75) is 58.0 Å². The molecule has 1 aliphatic rings. The van der Waals surface area contributed by atoms with Crippen LogP contribution in [-0.2, 0) is 4.74 Å². The third kappa shape index (κ3) is 2.48. The lowest BCUT2D eigenvalue weighted by Gasteiger charge is -2.37. The molecule has 1 saturated heterocycles. The second kappa shape index (κ2) is 5.13. The Bertz CT molecular complexity index is 168. The molecule has 1 aliphatic heterocycles. The van der Waals surface area contributed by atoms with Gasteiger partial charge in [0.25, 0.3) is 0 Å². The first-order valence-electron chi connectivity index (χ1n) is 5.89. The maximum Gasteiger partial charge on any atom is 0.0644 e. The molecule has 0 amide bonds. The summed E-state index contributed by atoms with van der Waals surface area (Å²) >= 11 is 0. The maximum atomic E-state index is 5.35. The van der Waals surface area contributed by atoms with Crippen molar-refractivity contribution in [3.8, 4) is 0 Å². The maximum absolute atomic E-state index is 5.35. The SMILES string of the molecule is CCCCN1[C@@H](C)CCC1(C)COC. The molecule has 1 fully saturated rings. The van der Waals surface area contributed by atoms with Crippen molar-refractivity contribution in [2.75, 3.05) is 20.3 Å². The Hall–Kier alpha value is -0.0800. The predicted octanol–water partition coefficient (Wildman–Crippen LogP) is 2.68. The van der Waals surface area contributed by atoms with Gasteiger partial charge in [0, 0.05) is 18.7 Å². The molecule has 0 aromatic rings. The highest BCUT2D eigenvalue weighted by atomic mass is 16.5. The van der Waals surface area contributed by atoms with Crippen molar-refractivity contribution >= 4 is 0 Å². The second-order valence-corrected chi connectivity index (χ2v) is 4.86. The average molecular weight is 199 g/mol. The molecule has 2 nitrogen and oxygen atoms in total. The summed E-state index contributed by atoms with van der Waals surface area (Å²) in [6, 6.07) is 0.738. The highest BCUT2D eigenvalue weighted by Gasteiger charge is 2.40. The minimum Gasteiger partial charge on any atom is -0.383 e. The number of likely N-dealkylation sites (tertiary alicyclic amines) is 1. The zero-order valence-corrected chi connectivity index (χ0v) is 10.2. The van der Waals surface area contributed by atoms with E-state index in [1.807, 2.05) is 7.11 Å². The van der Waals surface area contributed by atoms with E-state index in [1.165, 1.54) is 32.2 Å². The van der Waals surface area contributed by atoms with Gasteiger partial charge in [-0.2, -0.15) is 0 Å². The van der Waals surface area contributed by atoms with Gasteiger partial charge in [0.2, 0.25) is 0 Å². The van der Waals surface area contributed by atoms with Crippen LogP contribution in [0.5, 0.6) is 0 Å². The average Bonchev–Trinajstić information content (AvgIpc) is 2.41. The van der Waals surface area contributed by atoms with Crippen LogP contribution in [0.3, 0.4) is 0 Å². The van der Waals surface area contributed by atoms with Gasteiger partial charge < -0.3 is 4.74 Å². The van der Waals surface area contributed by atoms with E-state index in [4.69, 9.17) is 4.74 Å². The van der Waals surface area contributed by atoms with Crippen molar-refractivity contribution in [1.29, 1.82) is 0 Å². The fourth-order valence-corrected chi connectivity index (χ4v) is 2.64. The highest BCUT2D eigenvalue weighted by molar-refractivity contribution is 4.95. The summed E-state index contributed by atoms with van der Waals surface area (Å²) in [4.78, 5) is 2.64. The van der Waals surface area contributed by atoms with E-state index in [0.29, 0.717) is 5.54 Å². The van der Waals surface area contributed by atoms with Gasteiger partial charge in [0.15, 0.2) is 0 Å². The quantitative estimate of drug-likeness (QED) is 0.675. The molecule has 1 rings (SSSR count). The van der Waals surface area contributed by atoms with Gasteiger partial charge in [-0.3, -0.25) is 4.90 Å². The van der Waals surface area contributed by atoms with Crippen molar-refractivity contribution in [2.24, 2.45) is 0 Å². The fourth-order valence-electron chi connectivity index (χ4n) is 2.64. The normalized spacial score (nSPS) is 33.9. The molecular formula is C12H25NO. The molecule has 0 radical (unpaired) electrons. The summed E-state index contributed by atoms with van der Waals surface area (Å²) in [6.07, 6.45) is 5.20. The van der Waals surface area contributed by atoms with Gasteiger partial charge in [0.05, 0.1) is 6.61 Å². The van der Waals surface area contributed by atoms with E-state index in [1.54, 1.807) is 0 Å². The van der Waals surface area contributed by atoms with Gasteiger partial charge in [-0.15, -0.1) is 0 Å². The topological polar surface area (TPSA) is 12.5 Å². The molecule has 84 valence electrons. The third-order valence-corrected chi connectivity index (χ3v) is 3.53. The number of hydrogen-bond acceptors (Lipinski definition) is 2. The van der Waals surface area contributed by atoms with Crippen LogP contribution in [0, 0.1) is 0 Å². The Balaban J connectivity index is 2.55. The largest absolute Gasteiger partial charge is 0.383 e. The molecule has 0 saturated carbocycles. The minimum atomic E-state index is 0.295. The number of methoxy groups -OCH3 is 1. The monoisotopic (exact) mass is 199 g/mol. The molecule has 1 heterocycles. The zero-order chi connectivity index (χ0) is 10.6. The molecule has 0 aromatic carbocycles. The fraction of sp³-hybridized carbons (Fsp3) is 1.00. The first-order chi connectivity index (χ1) is 6.64. The van der Waals surface area contributed by atoms with Crippen molar-refractivity contribution in [1.82, 2.24) is 4.90 Å². The Morgan fingerprint density at radius 2 is 2.21 bits per heavy atom. The molecule has 1 unspecified atom stereocenters. The molecule has 0 aromatic heterocycles. The molecule has 0 bridgehead atoms. The van der Waals surface area contributed by atoms with Crippen LogP contribution in [-0.4, -0.2) is 36.7 Å². The molecule has 14 heavy (non-hydrogen) atoms. The van der Waals surface area contributed by atoms with E-state index in [9.17, 15) is 0 Å². The number of nitrogens with zero attached hydrogens (tertiary/aromatic N) is 1. The minimum absolute atomic E-state index is 0.295. The summed E-state index contributed by atoms with van der Waals surface area (Å²) in [6.45, 7) is 9.05. The number of rotatable bonds is 5. The molecule has 0 N–H and O–H groups in total. The van der Waals surface area contributed by atoms with E-state index in [2.05, 4.69) is 25.7 Å². The lowest BCUT2D eigenvalue weighted by Crippen LogP contribution is -2.47. The summed E-state index contributed by atoms with van der Waals surface area (Å²) < 4.78 is 5.35. The van der Waals surface area contributed by atoms with Crippen LogP contribution in [0.4, 0.5) is 0 Å². The number of unbranched alkanes of at least 4 members (excludes halogenated alkanes) is 1. The van der Waals surface area contributed by atoms with Crippen LogP contribution in [0.25, 0.3) is 0 Å². The molecule has 2 atom stereocenters. The standard InChI is InChI=1S/C12H25NO/c1-5-6-9-13-11(2)7-8-12(13,3)10-14-4/h11H,5-10H2,1-4H3/t11-,12?/m0/s1. The van der Waals surface area contributed by atoms with Crippen LogP contribution in [0.1, 0.15) is 46.5 Å². The van der Waals surface area contributed by atoms with Gasteiger partial charge >= 0.3 is 0 Å². The van der Waals surface area contributed by atoms with Gasteiger partial charge in [-0.1, -0.05) is 13.3 Å². The highest BCUT2D eigenvalue weighted by Crippen LogP contribution is 2.33. The van der Waals surface area contributed by atoms with Crippen molar-refractivity contribution < 1.29 is 4.74 Å². The van der Waals surface area contributed by atoms with E-state index in [-0.39, 0.29) is 0 Å². The van der Waals surface area contributed by atoms with Crippen LogP contribution < -0.4 is 0 Å².